The smallest absolute Gasteiger partial charge is 0.242 e. The molecular weight excluding hydrogens is 476 g/mol. The standard InChI is InChI=1S/C22H39F2N9O3/c1-30-6-7-36-12-16(30)22(35)32-4-2-31(3-5-32)18-14(24)9-26-10-15(18)28-21(34)17-19(25)29-33-11-13(23)8-27-20(17)33/h13-20,26-27,29H,2-12,25H2,1H3,(H,28,34). The molecule has 2 amide bonds. The Morgan fingerprint density at radius 2 is 1.86 bits per heavy atom. The molecule has 0 bridgehead atoms. The molecule has 5 heterocycles. The summed E-state index contributed by atoms with van der Waals surface area (Å²) >= 11 is 0. The molecule has 5 fully saturated rings. The van der Waals surface area contributed by atoms with Crippen LogP contribution in [0.5, 0.6) is 0 Å². The van der Waals surface area contributed by atoms with Crippen molar-refractivity contribution in [3.05, 3.63) is 0 Å². The number of alkyl halides is 2. The molecule has 12 nitrogen and oxygen atoms in total. The summed E-state index contributed by atoms with van der Waals surface area (Å²) in [6.07, 6.45) is -3.30. The van der Waals surface area contributed by atoms with Crippen LogP contribution in [0.4, 0.5) is 8.78 Å². The van der Waals surface area contributed by atoms with E-state index in [1.54, 1.807) is 5.01 Å². The third kappa shape index (κ3) is 5.23. The topological polar surface area (TPSA) is 130 Å². The maximum Gasteiger partial charge on any atom is 0.242 e. The number of piperidine rings is 1. The predicted molar refractivity (Wildman–Crippen MR) is 127 cm³/mol. The van der Waals surface area contributed by atoms with E-state index in [0.717, 1.165) is 6.54 Å². The fourth-order valence-corrected chi connectivity index (χ4v) is 6.15. The fraction of sp³-hybridized carbons (Fsp3) is 0.909. The van der Waals surface area contributed by atoms with Gasteiger partial charge in [-0.05, 0) is 7.05 Å². The van der Waals surface area contributed by atoms with Crippen molar-refractivity contribution in [3.63, 3.8) is 0 Å². The van der Waals surface area contributed by atoms with Crippen LogP contribution in [0.2, 0.25) is 0 Å². The third-order valence-electron chi connectivity index (χ3n) is 8.17. The molecule has 36 heavy (non-hydrogen) atoms. The number of nitrogens with one attached hydrogen (secondary N) is 4. The average Bonchev–Trinajstić information content (AvgIpc) is 3.19. The molecule has 14 heteroatoms. The van der Waals surface area contributed by atoms with Gasteiger partial charge in [0.25, 0.3) is 0 Å². The Labute approximate surface area is 210 Å². The zero-order valence-corrected chi connectivity index (χ0v) is 20.7. The van der Waals surface area contributed by atoms with E-state index < -0.39 is 42.7 Å². The highest BCUT2D eigenvalue weighted by Gasteiger charge is 2.48. The Kier molecular flexibility index (Phi) is 8.03. The summed E-state index contributed by atoms with van der Waals surface area (Å²) in [4.78, 5) is 32.2. The van der Waals surface area contributed by atoms with Crippen LogP contribution in [-0.2, 0) is 14.3 Å². The first-order chi connectivity index (χ1) is 17.3. The molecule has 8 atom stereocenters. The zero-order chi connectivity index (χ0) is 25.4. The van der Waals surface area contributed by atoms with Crippen molar-refractivity contribution in [2.75, 3.05) is 79.2 Å². The van der Waals surface area contributed by atoms with Crippen molar-refractivity contribution < 1.29 is 23.1 Å². The number of carbonyl (C=O) groups excluding carboxylic acids is 2. The van der Waals surface area contributed by atoms with Crippen molar-refractivity contribution in [1.82, 2.24) is 41.1 Å². The monoisotopic (exact) mass is 515 g/mol. The van der Waals surface area contributed by atoms with Gasteiger partial charge in [-0.1, -0.05) is 0 Å². The lowest BCUT2D eigenvalue weighted by Gasteiger charge is -2.46. The van der Waals surface area contributed by atoms with Crippen LogP contribution < -0.4 is 27.1 Å². The molecule has 0 saturated carbocycles. The van der Waals surface area contributed by atoms with Crippen LogP contribution in [0.3, 0.4) is 0 Å². The highest BCUT2D eigenvalue weighted by atomic mass is 19.1. The number of nitrogens with zero attached hydrogens (tertiary/aromatic N) is 4. The highest BCUT2D eigenvalue weighted by molar-refractivity contribution is 5.82. The maximum atomic E-state index is 15.2. The van der Waals surface area contributed by atoms with Gasteiger partial charge < -0.3 is 26.0 Å². The minimum Gasteiger partial charge on any atom is -0.378 e. The van der Waals surface area contributed by atoms with Crippen molar-refractivity contribution in [2.24, 2.45) is 11.7 Å². The predicted octanol–water partition coefficient (Wildman–Crippen LogP) is -3.76. The molecule has 0 radical (unpaired) electrons. The van der Waals surface area contributed by atoms with Gasteiger partial charge in [-0.3, -0.25) is 24.7 Å². The van der Waals surface area contributed by atoms with Gasteiger partial charge >= 0.3 is 0 Å². The molecular formula is C22H39F2N9O3. The second-order valence-corrected chi connectivity index (χ2v) is 10.5. The van der Waals surface area contributed by atoms with E-state index in [2.05, 4.69) is 21.4 Å². The number of ether oxygens (including phenoxy) is 1. The first-order valence-corrected chi connectivity index (χ1v) is 13.0. The Morgan fingerprint density at radius 1 is 1.08 bits per heavy atom. The van der Waals surface area contributed by atoms with Crippen molar-refractivity contribution in [2.45, 2.75) is 42.8 Å². The van der Waals surface area contributed by atoms with E-state index >= 15 is 4.39 Å². The van der Waals surface area contributed by atoms with Crippen LogP contribution in [0.25, 0.3) is 0 Å². The molecule has 0 aromatic rings. The number of nitrogens with two attached hydrogens (primary N) is 1. The number of carbonyl (C=O) groups is 2. The molecule has 0 aromatic heterocycles. The van der Waals surface area contributed by atoms with Crippen molar-refractivity contribution in [3.8, 4) is 0 Å². The van der Waals surface area contributed by atoms with Gasteiger partial charge in [-0.2, -0.15) is 0 Å². The molecule has 0 aromatic carbocycles. The number of hydrazine groups is 1. The van der Waals surface area contributed by atoms with E-state index in [1.165, 1.54) is 0 Å². The molecule has 0 spiro atoms. The lowest BCUT2D eigenvalue weighted by Crippen LogP contribution is -2.69. The summed E-state index contributed by atoms with van der Waals surface area (Å²) in [5.41, 5.74) is 9.16. The van der Waals surface area contributed by atoms with E-state index in [9.17, 15) is 14.0 Å². The van der Waals surface area contributed by atoms with E-state index in [0.29, 0.717) is 45.9 Å². The number of fused-ring (bicyclic) bond motifs is 1. The van der Waals surface area contributed by atoms with Crippen molar-refractivity contribution in [1.29, 1.82) is 0 Å². The molecule has 5 saturated heterocycles. The molecule has 6 N–H and O–H groups in total. The second-order valence-electron chi connectivity index (χ2n) is 10.5. The van der Waals surface area contributed by atoms with Crippen LogP contribution in [0, 0.1) is 5.92 Å². The Morgan fingerprint density at radius 3 is 2.61 bits per heavy atom. The van der Waals surface area contributed by atoms with Gasteiger partial charge in [-0.15, -0.1) is 0 Å². The minimum absolute atomic E-state index is 0.0478. The summed E-state index contributed by atoms with van der Waals surface area (Å²) in [5, 5.41) is 10.8. The van der Waals surface area contributed by atoms with Gasteiger partial charge in [0.05, 0.1) is 43.5 Å². The number of likely N-dealkylation sites (N-methyl/N-ethyl adjacent to an activating group) is 1. The lowest BCUT2D eigenvalue weighted by atomic mass is 9.94. The summed E-state index contributed by atoms with van der Waals surface area (Å²) < 4.78 is 34.5. The molecule has 5 aliphatic rings. The van der Waals surface area contributed by atoms with Crippen molar-refractivity contribution >= 4 is 11.8 Å². The normalized spacial score (nSPS) is 41.2. The van der Waals surface area contributed by atoms with Gasteiger partial charge in [0.15, 0.2) is 0 Å². The number of hydrogen-bond acceptors (Lipinski definition) is 10. The summed E-state index contributed by atoms with van der Waals surface area (Å²) in [7, 11) is 1.93. The Hall–Kier alpha value is -1.52. The van der Waals surface area contributed by atoms with Gasteiger partial charge in [-0.25, -0.2) is 19.2 Å². The largest absolute Gasteiger partial charge is 0.378 e. The Bertz CT molecular complexity index is 805. The lowest BCUT2D eigenvalue weighted by molar-refractivity contribution is -0.144. The number of rotatable bonds is 4. The molecule has 5 rings (SSSR count). The molecule has 0 aliphatic carbocycles. The van der Waals surface area contributed by atoms with Gasteiger partial charge in [0.2, 0.25) is 11.8 Å². The zero-order valence-electron chi connectivity index (χ0n) is 20.7. The van der Waals surface area contributed by atoms with Crippen LogP contribution in [0.15, 0.2) is 0 Å². The number of piperazine rings is 1. The average molecular weight is 516 g/mol. The van der Waals surface area contributed by atoms with Crippen LogP contribution >= 0.6 is 0 Å². The molecule has 8 unspecified atom stereocenters. The van der Waals surface area contributed by atoms with E-state index in [4.69, 9.17) is 10.5 Å². The first kappa shape index (κ1) is 26.1. The van der Waals surface area contributed by atoms with E-state index in [-0.39, 0.29) is 37.5 Å². The maximum absolute atomic E-state index is 15.2. The number of amides is 2. The van der Waals surface area contributed by atoms with Crippen LogP contribution in [0.1, 0.15) is 0 Å². The minimum atomic E-state index is -1.17. The van der Waals surface area contributed by atoms with Crippen LogP contribution in [-0.4, -0.2) is 153 Å². The van der Waals surface area contributed by atoms with Gasteiger partial charge in [0.1, 0.15) is 18.4 Å². The Balaban J connectivity index is 1.20. The molecule has 204 valence electrons. The summed E-state index contributed by atoms with van der Waals surface area (Å²) in [5.74, 6) is -0.874. The number of morpholine rings is 1. The first-order valence-electron chi connectivity index (χ1n) is 13.0. The highest BCUT2D eigenvalue weighted by Crippen LogP contribution is 2.24. The number of hydrogen-bond donors (Lipinski definition) is 5. The summed E-state index contributed by atoms with van der Waals surface area (Å²) in [6.45, 7) is 4.76. The third-order valence-corrected chi connectivity index (χ3v) is 8.17. The molecule has 5 aliphatic heterocycles. The quantitative estimate of drug-likeness (QED) is 0.255. The second kappa shape index (κ2) is 11.1. The fourth-order valence-electron chi connectivity index (χ4n) is 6.15. The SMILES string of the molecule is CN1CCOCC1C(=O)N1CCN(C2C(F)CNCC2NC(=O)C2C(N)NN3CC(F)CNC23)CC1. The summed E-state index contributed by atoms with van der Waals surface area (Å²) in [6, 6.07) is -1.25. The number of halogens is 2. The van der Waals surface area contributed by atoms with E-state index in [1.807, 2.05) is 21.7 Å². The van der Waals surface area contributed by atoms with Gasteiger partial charge in [0, 0.05) is 58.9 Å².